The fourth-order valence-electron chi connectivity index (χ4n) is 3.66. The van der Waals surface area contributed by atoms with E-state index in [0.717, 1.165) is 18.0 Å². The summed E-state index contributed by atoms with van der Waals surface area (Å²) < 4.78 is 0. The topological polar surface area (TPSA) is 18.5 Å². The Kier molecular flexibility index (Phi) is 6.11. The van der Waals surface area contributed by atoms with E-state index >= 15 is 0 Å². The summed E-state index contributed by atoms with van der Waals surface area (Å²) in [7, 11) is 2.28. The number of nitrogens with zero attached hydrogens (tertiary/aromatic N) is 2. The molecule has 0 saturated carbocycles. The van der Waals surface area contributed by atoms with Crippen molar-refractivity contribution in [1.29, 1.82) is 0 Å². The zero-order valence-electron chi connectivity index (χ0n) is 13.2. The lowest BCUT2D eigenvalue weighted by molar-refractivity contribution is 0.161. The van der Waals surface area contributed by atoms with Crippen LogP contribution in [0.2, 0.25) is 0 Å². The number of likely N-dealkylation sites (N-methyl/N-ethyl adjacent to an activating group) is 1. The molecule has 2 fully saturated rings. The number of nitrogens with one attached hydrogen (secondary N) is 1. The van der Waals surface area contributed by atoms with Crippen LogP contribution < -0.4 is 5.32 Å². The number of piperidine rings is 1. The first kappa shape index (κ1) is 15.3. The Hall–Kier alpha value is -0.120. The molecule has 2 unspecified atom stereocenters. The fraction of sp³-hybridized carbons (Fsp3) is 1.00. The highest BCUT2D eigenvalue weighted by Crippen LogP contribution is 2.18. The van der Waals surface area contributed by atoms with Gasteiger partial charge in [-0.05, 0) is 58.3 Å². The molecule has 0 bridgehead atoms. The van der Waals surface area contributed by atoms with Crippen molar-refractivity contribution >= 4 is 0 Å². The predicted molar refractivity (Wildman–Crippen MR) is 82.6 cm³/mol. The van der Waals surface area contributed by atoms with Crippen molar-refractivity contribution in [3.63, 3.8) is 0 Å². The first-order chi connectivity index (χ1) is 9.18. The molecule has 2 aliphatic heterocycles. The molecule has 0 radical (unpaired) electrons. The molecule has 2 atom stereocenters. The standard InChI is InChI=1S/C16H33N3/c1-14(2)16(19-10-6-7-11-19)13-17-12-15-8-4-5-9-18(15)3/h14-17H,4-13H2,1-3H3. The van der Waals surface area contributed by atoms with E-state index in [4.69, 9.17) is 0 Å². The molecular formula is C16H33N3. The van der Waals surface area contributed by atoms with Gasteiger partial charge in [-0.1, -0.05) is 20.3 Å². The van der Waals surface area contributed by atoms with Crippen LogP contribution in [0.1, 0.15) is 46.0 Å². The van der Waals surface area contributed by atoms with Crippen LogP contribution in [0, 0.1) is 5.92 Å². The van der Waals surface area contributed by atoms with Gasteiger partial charge in [-0.2, -0.15) is 0 Å². The van der Waals surface area contributed by atoms with Crippen LogP contribution in [0.15, 0.2) is 0 Å². The van der Waals surface area contributed by atoms with Crippen molar-refractivity contribution in [2.75, 3.05) is 39.8 Å². The Bertz CT molecular complexity index is 248. The first-order valence-electron chi connectivity index (χ1n) is 8.33. The van der Waals surface area contributed by atoms with E-state index in [-0.39, 0.29) is 0 Å². The Morgan fingerprint density at radius 3 is 2.37 bits per heavy atom. The molecule has 2 saturated heterocycles. The summed E-state index contributed by atoms with van der Waals surface area (Å²) in [5.74, 6) is 0.759. The number of likely N-dealkylation sites (tertiary alicyclic amines) is 2. The van der Waals surface area contributed by atoms with Crippen molar-refractivity contribution in [1.82, 2.24) is 15.1 Å². The Morgan fingerprint density at radius 2 is 1.74 bits per heavy atom. The third kappa shape index (κ3) is 4.44. The zero-order chi connectivity index (χ0) is 13.7. The quantitative estimate of drug-likeness (QED) is 0.796. The largest absolute Gasteiger partial charge is 0.314 e. The average Bonchev–Trinajstić information content (AvgIpc) is 2.89. The lowest BCUT2D eigenvalue weighted by atomic mass is 10.0. The van der Waals surface area contributed by atoms with Crippen LogP contribution in [-0.2, 0) is 0 Å². The molecule has 1 N–H and O–H groups in total. The van der Waals surface area contributed by atoms with Gasteiger partial charge in [-0.25, -0.2) is 0 Å². The summed E-state index contributed by atoms with van der Waals surface area (Å²) in [4.78, 5) is 5.24. The second kappa shape index (κ2) is 7.61. The highest BCUT2D eigenvalue weighted by Gasteiger charge is 2.25. The molecule has 3 heteroatoms. The molecule has 0 amide bonds. The van der Waals surface area contributed by atoms with E-state index in [9.17, 15) is 0 Å². The minimum atomic E-state index is 0.733. The maximum atomic E-state index is 3.76. The van der Waals surface area contributed by atoms with Crippen LogP contribution in [0.25, 0.3) is 0 Å². The van der Waals surface area contributed by atoms with Crippen molar-refractivity contribution in [3.05, 3.63) is 0 Å². The molecule has 3 nitrogen and oxygen atoms in total. The SMILES string of the molecule is CC(C)C(CNCC1CCCCN1C)N1CCCC1. The van der Waals surface area contributed by atoms with Gasteiger partial charge in [-0.15, -0.1) is 0 Å². The molecule has 2 heterocycles. The highest BCUT2D eigenvalue weighted by atomic mass is 15.2. The molecular weight excluding hydrogens is 234 g/mol. The van der Waals surface area contributed by atoms with Crippen molar-refractivity contribution in [2.24, 2.45) is 5.92 Å². The van der Waals surface area contributed by atoms with Gasteiger partial charge >= 0.3 is 0 Å². The third-order valence-corrected chi connectivity index (χ3v) is 5.03. The molecule has 112 valence electrons. The Balaban J connectivity index is 1.72. The molecule has 0 aliphatic carbocycles. The summed E-state index contributed by atoms with van der Waals surface area (Å²) in [5, 5.41) is 3.76. The van der Waals surface area contributed by atoms with Crippen LogP contribution in [0.5, 0.6) is 0 Å². The van der Waals surface area contributed by atoms with Crippen molar-refractivity contribution < 1.29 is 0 Å². The minimum absolute atomic E-state index is 0.733. The van der Waals surface area contributed by atoms with Gasteiger partial charge in [0, 0.05) is 25.2 Å². The zero-order valence-corrected chi connectivity index (χ0v) is 13.2. The van der Waals surface area contributed by atoms with E-state index in [0.29, 0.717) is 0 Å². The van der Waals surface area contributed by atoms with Gasteiger partial charge in [-0.3, -0.25) is 4.90 Å². The van der Waals surface area contributed by atoms with Gasteiger partial charge in [0.25, 0.3) is 0 Å². The monoisotopic (exact) mass is 267 g/mol. The molecule has 0 aromatic heterocycles. The maximum absolute atomic E-state index is 3.76. The molecule has 19 heavy (non-hydrogen) atoms. The highest BCUT2D eigenvalue weighted by molar-refractivity contribution is 4.82. The van der Waals surface area contributed by atoms with E-state index < -0.39 is 0 Å². The summed E-state index contributed by atoms with van der Waals surface area (Å²) in [6.45, 7) is 11.0. The second-order valence-corrected chi connectivity index (χ2v) is 6.84. The number of hydrogen-bond acceptors (Lipinski definition) is 3. The van der Waals surface area contributed by atoms with E-state index in [2.05, 4.69) is 36.0 Å². The summed E-state index contributed by atoms with van der Waals surface area (Å²) in [6.07, 6.45) is 6.97. The summed E-state index contributed by atoms with van der Waals surface area (Å²) >= 11 is 0. The van der Waals surface area contributed by atoms with Crippen molar-refractivity contribution in [2.45, 2.75) is 58.0 Å². The lowest BCUT2D eigenvalue weighted by Gasteiger charge is -2.35. The van der Waals surface area contributed by atoms with Crippen LogP contribution in [-0.4, -0.2) is 61.7 Å². The van der Waals surface area contributed by atoms with Gasteiger partial charge in [0.1, 0.15) is 0 Å². The van der Waals surface area contributed by atoms with E-state index in [1.165, 1.54) is 64.8 Å². The minimum Gasteiger partial charge on any atom is -0.314 e. The number of rotatable bonds is 6. The third-order valence-electron chi connectivity index (χ3n) is 5.03. The van der Waals surface area contributed by atoms with Gasteiger partial charge in [0.2, 0.25) is 0 Å². The normalized spacial score (nSPS) is 28.1. The van der Waals surface area contributed by atoms with Crippen LogP contribution >= 0.6 is 0 Å². The number of hydrogen-bond donors (Lipinski definition) is 1. The van der Waals surface area contributed by atoms with Crippen LogP contribution in [0.3, 0.4) is 0 Å². The molecule has 2 rings (SSSR count). The van der Waals surface area contributed by atoms with Gasteiger partial charge in [0.05, 0.1) is 0 Å². The molecule has 0 aromatic rings. The predicted octanol–water partition coefficient (Wildman–Crippen LogP) is 2.18. The maximum Gasteiger partial charge on any atom is 0.0243 e. The fourth-order valence-corrected chi connectivity index (χ4v) is 3.66. The van der Waals surface area contributed by atoms with E-state index in [1.54, 1.807) is 0 Å². The van der Waals surface area contributed by atoms with E-state index in [1.807, 2.05) is 0 Å². The lowest BCUT2D eigenvalue weighted by Crippen LogP contribution is -2.48. The summed E-state index contributed by atoms with van der Waals surface area (Å²) in [5.41, 5.74) is 0. The molecule has 0 aromatic carbocycles. The first-order valence-corrected chi connectivity index (χ1v) is 8.33. The molecule has 0 spiro atoms. The van der Waals surface area contributed by atoms with Crippen molar-refractivity contribution in [3.8, 4) is 0 Å². The Morgan fingerprint density at radius 1 is 1.05 bits per heavy atom. The molecule has 2 aliphatic rings. The smallest absolute Gasteiger partial charge is 0.0243 e. The Labute approximate surface area is 119 Å². The van der Waals surface area contributed by atoms with Gasteiger partial charge < -0.3 is 10.2 Å². The average molecular weight is 267 g/mol. The van der Waals surface area contributed by atoms with Crippen LogP contribution in [0.4, 0.5) is 0 Å². The second-order valence-electron chi connectivity index (χ2n) is 6.84. The summed E-state index contributed by atoms with van der Waals surface area (Å²) in [6, 6.07) is 1.50. The van der Waals surface area contributed by atoms with Gasteiger partial charge in [0.15, 0.2) is 0 Å².